The average Bonchev–Trinajstić information content (AvgIpc) is 2.67. The molecular weight excluding hydrogens is 338 g/mol. The zero-order chi connectivity index (χ0) is 16.8. The van der Waals surface area contributed by atoms with Gasteiger partial charge in [-0.1, -0.05) is 66.7 Å². The summed E-state index contributed by atoms with van der Waals surface area (Å²) in [5, 5.41) is 11.2. The van der Waals surface area contributed by atoms with Gasteiger partial charge in [-0.05, 0) is 17.2 Å². The predicted molar refractivity (Wildman–Crippen MR) is 97.2 cm³/mol. The quantitative estimate of drug-likeness (QED) is 0.712. The molecule has 0 saturated carbocycles. The van der Waals surface area contributed by atoms with Crippen molar-refractivity contribution in [1.29, 1.82) is 0 Å². The fourth-order valence-corrected chi connectivity index (χ4v) is 2.50. The van der Waals surface area contributed by atoms with E-state index in [0.29, 0.717) is 11.1 Å². The number of pyridine rings is 1. The maximum atomic E-state index is 12.7. The van der Waals surface area contributed by atoms with Gasteiger partial charge in [0.1, 0.15) is 6.61 Å². The molecule has 0 fully saturated rings. The van der Waals surface area contributed by atoms with Crippen molar-refractivity contribution in [1.82, 2.24) is 4.98 Å². The molecule has 0 aliphatic rings. The Morgan fingerprint density at radius 3 is 1.96 bits per heavy atom. The fraction of sp³-hybridized carbons (Fsp3) is 0.100. The molecule has 5 heteroatoms. The highest BCUT2D eigenvalue weighted by Crippen LogP contribution is 2.31. The summed E-state index contributed by atoms with van der Waals surface area (Å²) >= 11 is 0. The lowest BCUT2D eigenvalue weighted by atomic mass is 9.86. The first-order valence-corrected chi connectivity index (χ1v) is 7.61. The van der Waals surface area contributed by atoms with Crippen molar-refractivity contribution < 1.29 is 14.6 Å². The number of carbonyl (C=O) groups excluding carboxylic acids is 1. The summed E-state index contributed by atoms with van der Waals surface area (Å²) in [6, 6.07) is 21.2. The number of nitrogens with zero attached hydrogens (tertiary/aromatic N) is 1. The Bertz CT molecular complexity index is 755. The van der Waals surface area contributed by atoms with E-state index in [9.17, 15) is 9.90 Å². The number of aliphatic hydroxyl groups is 1. The number of ether oxygens (including phenoxy) is 1. The van der Waals surface area contributed by atoms with E-state index in [1.807, 2.05) is 18.2 Å². The molecule has 1 aromatic heterocycles. The van der Waals surface area contributed by atoms with Gasteiger partial charge in [-0.25, -0.2) is 4.79 Å². The molecule has 0 aliphatic carbocycles. The van der Waals surface area contributed by atoms with Gasteiger partial charge < -0.3 is 9.84 Å². The third-order valence-corrected chi connectivity index (χ3v) is 3.77. The summed E-state index contributed by atoms with van der Waals surface area (Å²) < 4.78 is 5.37. The molecule has 0 unspecified atom stereocenters. The van der Waals surface area contributed by atoms with Crippen molar-refractivity contribution in [2.75, 3.05) is 0 Å². The molecule has 0 amide bonds. The van der Waals surface area contributed by atoms with Crippen molar-refractivity contribution in [3.8, 4) is 0 Å². The second-order valence-electron chi connectivity index (χ2n) is 5.38. The highest BCUT2D eigenvalue weighted by Gasteiger charge is 2.41. The molecule has 2 aromatic carbocycles. The molecule has 3 aromatic rings. The monoisotopic (exact) mass is 355 g/mol. The van der Waals surface area contributed by atoms with E-state index in [1.165, 1.54) is 0 Å². The smallest absolute Gasteiger partial charge is 0.348 e. The van der Waals surface area contributed by atoms with Crippen LogP contribution in [0.25, 0.3) is 0 Å². The maximum absolute atomic E-state index is 12.7. The lowest BCUT2D eigenvalue weighted by Gasteiger charge is -2.27. The molecule has 25 heavy (non-hydrogen) atoms. The average molecular weight is 356 g/mol. The van der Waals surface area contributed by atoms with Crippen molar-refractivity contribution in [2.45, 2.75) is 12.2 Å². The second kappa shape index (κ2) is 8.42. The predicted octanol–water partition coefficient (Wildman–Crippen LogP) is 3.48. The molecule has 0 spiro atoms. The molecule has 1 N–H and O–H groups in total. The summed E-state index contributed by atoms with van der Waals surface area (Å²) in [4.78, 5) is 16.7. The largest absolute Gasteiger partial charge is 0.458 e. The minimum atomic E-state index is -1.86. The van der Waals surface area contributed by atoms with Crippen molar-refractivity contribution in [2.24, 2.45) is 0 Å². The summed E-state index contributed by atoms with van der Waals surface area (Å²) in [6.45, 7) is 0.0502. The van der Waals surface area contributed by atoms with Crippen molar-refractivity contribution in [3.05, 3.63) is 102 Å². The number of carbonyl (C=O) groups is 1. The van der Waals surface area contributed by atoms with Crippen LogP contribution in [0.5, 0.6) is 0 Å². The summed E-state index contributed by atoms with van der Waals surface area (Å²) in [5.74, 6) is -0.719. The first-order valence-electron chi connectivity index (χ1n) is 7.61. The first kappa shape index (κ1) is 18.6. The second-order valence-corrected chi connectivity index (χ2v) is 5.38. The minimum Gasteiger partial charge on any atom is -0.458 e. The highest BCUT2D eigenvalue weighted by molar-refractivity contribution is 5.85. The molecule has 128 valence electrons. The molecule has 4 nitrogen and oxygen atoms in total. The fourth-order valence-electron chi connectivity index (χ4n) is 2.50. The van der Waals surface area contributed by atoms with E-state index in [0.717, 1.165) is 5.56 Å². The number of esters is 1. The van der Waals surface area contributed by atoms with Crippen molar-refractivity contribution in [3.63, 3.8) is 0 Å². The van der Waals surface area contributed by atoms with Gasteiger partial charge in [0.15, 0.2) is 0 Å². The van der Waals surface area contributed by atoms with Crippen LogP contribution in [0.15, 0.2) is 85.2 Å². The Balaban J connectivity index is 0.00000225. The Hall–Kier alpha value is -2.69. The van der Waals surface area contributed by atoms with E-state index >= 15 is 0 Å². The molecule has 0 saturated heterocycles. The molecule has 1 heterocycles. The standard InChI is InChI=1S/C20H17NO3.ClH/c22-19(24-15-16-8-7-13-21-14-16)20(23,17-9-3-1-4-10-17)18-11-5-2-6-12-18;/h1-14,23H,15H2;1H. The van der Waals surface area contributed by atoms with E-state index in [1.54, 1.807) is 67.0 Å². The van der Waals surface area contributed by atoms with Gasteiger partial charge in [-0.2, -0.15) is 0 Å². The van der Waals surface area contributed by atoms with Gasteiger partial charge in [-0.3, -0.25) is 4.98 Å². The lowest BCUT2D eigenvalue weighted by Crippen LogP contribution is -2.38. The Labute approximate surface area is 152 Å². The van der Waals surface area contributed by atoms with Crippen LogP contribution >= 0.6 is 12.4 Å². The van der Waals surface area contributed by atoms with E-state index in [2.05, 4.69) is 4.98 Å². The first-order chi connectivity index (χ1) is 11.7. The van der Waals surface area contributed by atoms with Crippen LogP contribution in [0.3, 0.4) is 0 Å². The van der Waals surface area contributed by atoms with Gasteiger partial charge >= 0.3 is 5.97 Å². The van der Waals surface area contributed by atoms with Gasteiger partial charge in [0.05, 0.1) is 0 Å². The van der Waals surface area contributed by atoms with Crippen LogP contribution in [0.1, 0.15) is 16.7 Å². The number of hydrogen-bond donors (Lipinski definition) is 1. The van der Waals surface area contributed by atoms with Gasteiger partial charge in [0.25, 0.3) is 0 Å². The molecule has 0 aliphatic heterocycles. The molecule has 0 radical (unpaired) electrons. The number of rotatable bonds is 5. The van der Waals surface area contributed by atoms with Crippen LogP contribution in [-0.2, 0) is 21.7 Å². The lowest BCUT2D eigenvalue weighted by molar-refractivity contribution is -0.163. The van der Waals surface area contributed by atoms with Gasteiger partial charge in [0.2, 0.25) is 5.60 Å². The molecule has 3 rings (SSSR count). The number of benzene rings is 2. The Morgan fingerprint density at radius 2 is 1.48 bits per heavy atom. The highest BCUT2D eigenvalue weighted by atomic mass is 35.5. The normalized spacial score (nSPS) is 10.6. The van der Waals surface area contributed by atoms with Gasteiger partial charge in [0, 0.05) is 18.0 Å². The van der Waals surface area contributed by atoms with Crippen LogP contribution in [0.2, 0.25) is 0 Å². The van der Waals surface area contributed by atoms with E-state index < -0.39 is 11.6 Å². The third-order valence-electron chi connectivity index (χ3n) is 3.77. The topological polar surface area (TPSA) is 59.4 Å². The molecule has 0 bridgehead atoms. The zero-order valence-electron chi connectivity index (χ0n) is 13.4. The Morgan fingerprint density at radius 1 is 0.920 bits per heavy atom. The van der Waals surface area contributed by atoms with Crippen LogP contribution in [0.4, 0.5) is 0 Å². The summed E-state index contributed by atoms with van der Waals surface area (Å²) in [6.07, 6.45) is 3.27. The van der Waals surface area contributed by atoms with Crippen LogP contribution in [-0.4, -0.2) is 16.1 Å². The SMILES string of the molecule is Cl.O=C(OCc1cccnc1)C(O)(c1ccccc1)c1ccccc1. The summed E-state index contributed by atoms with van der Waals surface area (Å²) in [5.41, 5.74) is -0.167. The number of halogens is 1. The van der Waals surface area contributed by atoms with Crippen LogP contribution in [0, 0.1) is 0 Å². The number of hydrogen-bond acceptors (Lipinski definition) is 4. The maximum Gasteiger partial charge on any atom is 0.348 e. The third kappa shape index (κ3) is 4.05. The van der Waals surface area contributed by atoms with Crippen molar-refractivity contribution >= 4 is 18.4 Å². The Kier molecular flexibility index (Phi) is 6.28. The summed E-state index contributed by atoms with van der Waals surface area (Å²) in [7, 11) is 0. The number of aromatic nitrogens is 1. The molecule has 0 atom stereocenters. The van der Waals surface area contributed by atoms with Gasteiger partial charge in [-0.15, -0.1) is 12.4 Å². The van der Waals surface area contributed by atoms with E-state index in [4.69, 9.17) is 4.74 Å². The molecular formula is C20H18ClNO3. The van der Waals surface area contributed by atoms with Crippen LogP contribution < -0.4 is 0 Å². The minimum absolute atomic E-state index is 0. The van der Waals surface area contributed by atoms with E-state index in [-0.39, 0.29) is 19.0 Å². The zero-order valence-corrected chi connectivity index (χ0v) is 14.2.